The lowest BCUT2D eigenvalue weighted by Crippen LogP contribution is -2.47. The second kappa shape index (κ2) is 7.82. The number of nitrogens with two attached hydrogens (primary N) is 1. The molecule has 1 aromatic rings. The van der Waals surface area contributed by atoms with Gasteiger partial charge in [0.1, 0.15) is 0 Å². The molecule has 0 bridgehead atoms. The number of carbonyl (C=O) groups excluding carboxylic acids is 1. The number of carbonyl (C=O) groups is 1. The molecule has 1 aliphatic carbocycles. The largest absolute Gasteiger partial charge is 0.369 e. The van der Waals surface area contributed by atoms with E-state index in [1.54, 1.807) is 0 Å². The first-order chi connectivity index (χ1) is 11.2. The van der Waals surface area contributed by atoms with Gasteiger partial charge in [-0.15, -0.1) is 0 Å². The van der Waals surface area contributed by atoms with Crippen LogP contribution in [0.4, 0.5) is 5.69 Å². The normalized spacial score (nSPS) is 26.2. The minimum Gasteiger partial charge on any atom is -0.369 e. The fourth-order valence-electron chi connectivity index (χ4n) is 3.97. The molecule has 0 aromatic heterocycles. The third-order valence-electron chi connectivity index (χ3n) is 5.60. The van der Waals surface area contributed by atoms with Crippen molar-refractivity contribution in [1.82, 2.24) is 4.90 Å². The van der Waals surface area contributed by atoms with E-state index in [2.05, 4.69) is 40.1 Å². The second-order valence-electron chi connectivity index (χ2n) is 7.07. The van der Waals surface area contributed by atoms with Gasteiger partial charge in [-0.25, -0.2) is 0 Å². The Labute approximate surface area is 139 Å². The van der Waals surface area contributed by atoms with Crippen LogP contribution in [0.3, 0.4) is 0 Å². The number of para-hydroxylation sites is 1. The van der Waals surface area contributed by atoms with Crippen molar-refractivity contribution in [2.75, 3.05) is 37.6 Å². The van der Waals surface area contributed by atoms with Crippen LogP contribution in [0.2, 0.25) is 0 Å². The summed E-state index contributed by atoms with van der Waals surface area (Å²) in [5.74, 6) is 0.832. The zero-order valence-corrected chi connectivity index (χ0v) is 14.0. The predicted octanol–water partition coefficient (Wildman–Crippen LogP) is 2.49. The lowest BCUT2D eigenvalue weighted by molar-refractivity contribution is -0.122. The lowest BCUT2D eigenvalue weighted by atomic mass is 9.80. The van der Waals surface area contributed by atoms with Gasteiger partial charge in [-0.05, 0) is 56.7 Å². The van der Waals surface area contributed by atoms with E-state index in [0.29, 0.717) is 0 Å². The van der Waals surface area contributed by atoms with E-state index in [1.807, 2.05) is 0 Å². The van der Waals surface area contributed by atoms with Crippen LogP contribution in [-0.4, -0.2) is 43.5 Å². The highest BCUT2D eigenvalue weighted by molar-refractivity contribution is 5.76. The molecule has 2 aliphatic rings. The summed E-state index contributed by atoms with van der Waals surface area (Å²) in [6.45, 7) is 5.77. The minimum atomic E-state index is -0.0968. The minimum absolute atomic E-state index is 0.0968. The van der Waals surface area contributed by atoms with Crippen LogP contribution >= 0.6 is 0 Å². The average molecular weight is 315 g/mol. The highest BCUT2D eigenvalue weighted by Gasteiger charge is 2.25. The smallest absolute Gasteiger partial charge is 0.220 e. The summed E-state index contributed by atoms with van der Waals surface area (Å²) < 4.78 is 0. The maximum atomic E-state index is 11.2. The fourth-order valence-corrected chi connectivity index (χ4v) is 3.97. The van der Waals surface area contributed by atoms with Crippen LogP contribution in [-0.2, 0) is 4.79 Å². The molecular weight excluding hydrogens is 286 g/mol. The molecule has 4 heteroatoms. The number of primary amides is 1. The number of piperazine rings is 1. The predicted molar refractivity (Wildman–Crippen MR) is 94.4 cm³/mol. The van der Waals surface area contributed by atoms with E-state index < -0.39 is 0 Å². The standard InChI is InChI=1S/C19H29N3O/c20-19(23)17-8-6-16(7-9-17)10-11-21-12-14-22(15-13-21)18-4-2-1-3-5-18/h1-5,16-17H,6-15H2,(H2,20,23). The van der Waals surface area contributed by atoms with E-state index in [1.165, 1.54) is 31.5 Å². The Bertz CT molecular complexity index is 489. The number of nitrogens with zero attached hydrogens (tertiary/aromatic N) is 2. The van der Waals surface area contributed by atoms with Crippen LogP contribution in [0.1, 0.15) is 32.1 Å². The number of hydrogen-bond acceptors (Lipinski definition) is 3. The first kappa shape index (κ1) is 16.3. The molecule has 0 atom stereocenters. The summed E-state index contributed by atoms with van der Waals surface area (Å²) in [6.07, 6.45) is 5.63. The number of hydrogen-bond donors (Lipinski definition) is 1. The maximum Gasteiger partial charge on any atom is 0.220 e. The molecule has 0 radical (unpaired) electrons. The van der Waals surface area contributed by atoms with Gasteiger partial charge in [-0.1, -0.05) is 18.2 Å². The Balaban J connectivity index is 1.36. The third kappa shape index (κ3) is 4.47. The van der Waals surface area contributed by atoms with Crippen molar-refractivity contribution in [3.63, 3.8) is 0 Å². The van der Waals surface area contributed by atoms with Crippen LogP contribution in [0, 0.1) is 11.8 Å². The Hall–Kier alpha value is -1.55. The van der Waals surface area contributed by atoms with Gasteiger partial charge in [-0.3, -0.25) is 9.69 Å². The summed E-state index contributed by atoms with van der Waals surface area (Å²) in [6, 6.07) is 10.7. The van der Waals surface area contributed by atoms with E-state index >= 15 is 0 Å². The molecular formula is C19H29N3O. The van der Waals surface area contributed by atoms with Gasteiger partial charge in [0, 0.05) is 37.8 Å². The van der Waals surface area contributed by atoms with E-state index in [9.17, 15) is 4.79 Å². The third-order valence-corrected chi connectivity index (χ3v) is 5.60. The lowest BCUT2D eigenvalue weighted by Gasteiger charge is -2.37. The van der Waals surface area contributed by atoms with Gasteiger partial charge in [0.15, 0.2) is 0 Å². The molecule has 23 heavy (non-hydrogen) atoms. The number of amides is 1. The van der Waals surface area contributed by atoms with Crippen molar-refractivity contribution in [2.24, 2.45) is 17.6 Å². The number of rotatable bonds is 5. The molecule has 1 amide bonds. The maximum absolute atomic E-state index is 11.2. The first-order valence-electron chi connectivity index (χ1n) is 9.04. The Morgan fingerprint density at radius 1 is 1.00 bits per heavy atom. The van der Waals surface area contributed by atoms with Crippen LogP contribution in [0.15, 0.2) is 30.3 Å². The monoisotopic (exact) mass is 315 g/mol. The summed E-state index contributed by atoms with van der Waals surface area (Å²) in [5, 5.41) is 0. The number of benzene rings is 1. The van der Waals surface area contributed by atoms with Crippen molar-refractivity contribution in [3.8, 4) is 0 Å². The van der Waals surface area contributed by atoms with Gasteiger partial charge in [0.25, 0.3) is 0 Å². The molecule has 1 heterocycles. The Morgan fingerprint density at radius 3 is 2.26 bits per heavy atom. The summed E-state index contributed by atoms with van der Waals surface area (Å²) >= 11 is 0. The van der Waals surface area contributed by atoms with Crippen molar-refractivity contribution < 1.29 is 4.79 Å². The molecule has 126 valence electrons. The zero-order chi connectivity index (χ0) is 16.1. The molecule has 0 spiro atoms. The molecule has 1 aliphatic heterocycles. The molecule has 1 saturated carbocycles. The van der Waals surface area contributed by atoms with Crippen LogP contribution in [0.5, 0.6) is 0 Å². The molecule has 1 saturated heterocycles. The van der Waals surface area contributed by atoms with Crippen molar-refractivity contribution >= 4 is 11.6 Å². The van der Waals surface area contributed by atoms with Gasteiger partial charge >= 0.3 is 0 Å². The topological polar surface area (TPSA) is 49.6 Å². The molecule has 0 unspecified atom stereocenters. The SMILES string of the molecule is NC(=O)C1CCC(CCN2CCN(c3ccccc3)CC2)CC1. The molecule has 2 N–H and O–H groups in total. The fraction of sp³-hybridized carbons (Fsp3) is 0.632. The van der Waals surface area contributed by atoms with Crippen molar-refractivity contribution in [2.45, 2.75) is 32.1 Å². The molecule has 3 rings (SSSR count). The van der Waals surface area contributed by atoms with Crippen molar-refractivity contribution in [1.29, 1.82) is 0 Å². The molecule has 2 fully saturated rings. The Morgan fingerprint density at radius 2 is 1.65 bits per heavy atom. The van der Waals surface area contributed by atoms with E-state index in [0.717, 1.165) is 44.9 Å². The average Bonchev–Trinajstić information content (AvgIpc) is 2.61. The quantitative estimate of drug-likeness (QED) is 0.908. The van der Waals surface area contributed by atoms with Gasteiger partial charge in [0.2, 0.25) is 5.91 Å². The van der Waals surface area contributed by atoms with Crippen LogP contribution in [0.25, 0.3) is 0 Å². The Kier molecular flexibility index (Phi) is 5.55. The summed E-state index contributed by atoms with van der Waals surface area (Å²) in [5.41, 5.74) is 6.76. The van der Waals surface area contributed by atoms with Gasteiger partial charge in [-0.2, -0.15) is 0 Å². The second-order valence-corrected chi connectivity index (χ2v) is 7.07. The zero-order valence-electron chi connectivity index (χ0n) is 14.0. The summed E-state index contributed by atoms with van der Waals surface area (Å²) in [7, 11) is 0. The molecule has 4 nitrogen and oxygen atoms in total. The van der Waals surface area contributed by atoms with Gasteiger partial charge in [0.05, 0.1) is 0 Å². The summed E-state index contributed by atoms with van der Waals surface area (Å²) in [4.78, 5) is 16.3. The number of anilines is 1. The van der Waals surface area contributed by atoms with Crippen molar-refractivity contribution in [3.05, 3.63) is 30.3 Å². The van der Waals surface area contributed by atoms with Gasteiger partial charge < -0.3 is 10.6 Å². The van der Waals surface area contributed by atoms with Crippen LogP contribution < -0.4 is 10.6 Å². The first-order valence-corrected chi connectivity index (χ1v) is 9.04. The highest BCUT2D eigenvalue weighted by Crippen LogP contribution is 2.30. The van der Waals surface area contributed by atoms with E-state index in [4.69, 9.17) is 5.73 Å². The highest BCUT2D eigenvalue weighted by atomic mass is 16.1. The molecule has 1 aromatic carbocycles. The van der Waals surface area contributed by atoms with E-state index in [-0.39, 0.29) is 11.8 Å².